The second-order valence-electron chi connectivity index (χ2n) is 9.49. The van der Waals surface area contributed by atoms with Gasteiger partial charge in [0.2, 0.25) is 0 Å². The maximum atomic E-state index is 13.5. The van der Waals surface area contributed by atoms with Gasteiger partial charge in [-0.25, -0.2) is 4.98 Å². The number of amides is 2. The summed E-state index contributed by atoms with van der Waals surface area (Å²) >= 11 is 1.58. The Morgan fingerprint density at radius 3 is 2.69 bits per heavy atom. The van der Waals surface area contributed by atoms with E-state index >= 15 is 0 Å². The largest absolute Gasteiger partial charge is 0.488 e. The van der Waals surface area contributed by atoms with E-state index < -0.39 is 0 Å². The lowest BCUT2D eigenvalue weighted by Crippen LogP contribution is -2.57. The standard InChI is InChI=1S/C29H27N5O4S/c35-27-18-37-24-3-1-2-20(13-24)21-12-22(16-30-15-21)28(36)33-25-17-34(29-31-9-11-39-29)10-8-26(25)38-23-6-4-19(5-7-23)14-32-27/h1-7,9,11-13,15-16,25-26H,8,10,14,17-18H2,(H,32,35)(H,33,36)/t25-,26+/m1/s1. The number of pyridine rings is 1. The van der Waals surface area contributed by atoms with Gasteiger partial charge in [0.1, 0.15) is 17.6 Å². The number of thiazole rings is 1. The molecule has 7 rings (SSSR count). The second kappa shape index (κ2) is 11.1. The summed E-state index contributed by atoms with van der Waals surface area (Å²) in [5.74, 6) is 0.820. The van der Waals surface area contributed by atoms with Crippen LogP contribution in [0.4, 0.5) is 5.13 Å². The maximum Gasteiger partial charge on any atom is 0.258 e. The summed E-state index contributed by atoms with van der Waals surface area (Å²) in [5.41, 5.74) is 2.99. The average Bonchev–Trinajstić information content (AvgIpc) is 3.52. The number of rotatable bonds is 1. The summed E-state index contributed by atoms with van der Waals surface area (Å²) in [6, 6.07) is 16.5. The van der Waals surface area contributed by atoms with Crippen molar-refractivity contribution in [2.75, 3.05) is 24.6 Å². The van der Waals surface area contributed by atoms with Crippen molar-refractivity contribution in [3.05, 3.63) is 89.7 Å². The van der Waals surface area contributed by atoms with Crippen LogP contribution in [0.25, 0.3) is 11.1 Å². The van der Waals surface area contributed by atoms with Gasteiger partial charge in [-0.3, -0.25) is 14.6 Å². The van der Waals surface area contributed by atoms with Crippen LogP contribution in [0.15, 0.2) is 78.6 Å². The number of nitrogens with zero attached hydrogens (tertiary/aromatic N) is 3. The smallest absolute Gasteiger partial charge is 0.258 e. The molecule has 0 radical (unpaired) electrons. The number of benzene rings is 2. The Balaban J connectivity index is 1.32. The number of nitrogens with one attached hydrogen (secondary N) is 2. The average molecular weight is 542 g/mol. The van der Waals surface area contributed by atoms with Crippen LogP contribution in [-0.2, 0) is 11.3 Å². The minimum atomic E-state index is -0.278. The fraction of sp³-hybridized carbons (Fsp3) is 0.241. The van der Waals surface area contributed by atoms with E-state index in [0.29, 0.717) is 36.6 Å². The molecule has 1 saturated heterocycles. The van der Waals surface area contributed by atoms with Crippen molar-refractivity contribution in [2.24, 2.45) is 0 Å². The fourth-order valence-corrected chi connectivity index (χ4v) is 5.44. The van der Waals surface area contributed by atoms with E-state index in [2.05, 4.69) is 25.5 Å². The highest BCUT2D eigenvalue weighted by Crippen LogP contribution is 2.27. The number of ether oxygens (including phenoxy) is 2. The van der Waals surface area contributed by atoms with Gasteiger partial charge in [-0.05, 0) is 41.5 Å². The molecule has 2 N–H and O–H groups in total. The number of carbonyl (C=O) groups excluding carboxylic acids is 2. The lowest BCUT2D eigenvalue weighted by molar-refractivity contribution is -0.123. The second-order valence-corrected chi connectivity index (χ2v) is 10.4. The molecular weight excluding hydrogens is 514 g/mol. The Morgan fingerprint density at radius 1 is 0.974 bits per heavy atom. The highest BCUT2D eigenvalue weighted by molar-refractivity contribution is 7.13. The van der Waals surface area contributed by atoms with Gasteiger partial charge in [0.15, 0.2) is 11.7 Å². The number of hydrogen-bond donors (Lipinski definition) is 2. The van der Waals surface area contributed by atoms with E-state index in [0.717, 1.165) is 28.4 Å². The molecule has 9 nitrogen and oxygen atoms in total. The number of carbonyl (C=O) groups is 2. The molecule has 1 fully saturated rings. The molecule has 0 saturated carbocycles. The van der Waals surface area contributed by atoms with Gasteiger partial charge in [0.25, 0.3) is 11.8 Å². The molecule has 3 aliphatic heterocycles. The summed E-state index contributed by atoms with van der Waals surface area (Å²) in [6.45, 7) is 1.61. The van der Waals surface area contributed by atoms with Crippen LogP contribution in [0.1, 0.15) is 22.3 Å². The summed E-state index contributed by atoms with van der Waals surface area (Å²) in [7, 11) is 0. The zero-order chi connectivity index (χ0) is 26.6. The fourth-order valence-electron chi connectivity index (χ4n) is 4.76. The minimum Gasteiger partial charge on any atom is -0.488 e. The zero-order valence-corrected chi connectivity index (χ0v) is 21.9. The lowest BCUT2D eigenvalue weighted by Gasteiger charge is -2.38. The molecule has 6 bridgehead atoms. The van der Waals surface area contributed by atoms with Crippen molar-refractivity contribution in [1.82, 2.24) is 20.6 Å². The van der Waals surface area contributed by atoms with E-state index in [1.807, 2.05) is 53.9 Å². The molecule has 198 valence electrons. The van der Waals surface area contributed by atoms with Crippen molar-refractivity contribution < 1.29 is 19.1 Å². The van der Waals surface area contributed by atoms with Gasteiger partial charge in [0, 0.05) is 55.6 Å². The number of piperidine rings is 1. The first-order chi connectivity index (χ1) is 19.1. The molecule has 2 atom stereocenters. The number of fused-ring (bicyclic) bond motifs is 7. The molecule has 4 aromatic rings. The Bertz CT molecular complexity index is 1460. The Labute approximate surface area is 229 Å². The van der Waals surface area contributed by atoms with Gasteiger partial charge in [-0.2, -0.15) is 0 Å². The third kappa shape index (κ3) is 5.85. The molecule has 10 heteroatoms. The van der Waals surface area contributed by atoms with Gasteiger partial charge in [-0.1, -0.05) is 24.3 Å². The van der Waals surface area contributed by atoms with E-state index in [1.54, 1.807) is 36.0 Å². The van der Waals surface area contributed by atoms with Crippen molar-refractivity contribution in [2.45, 2.75) is 25.1 Å². The molecule has 5 heterocycles. The molecular formula is C29H27N5O4S. The van der Waals surface area contributed by atoms with Gasteiger partial charge < -0.3 is 25.0 Å². The molecule has 0 spiro atoms. The lowest BCUT2D eigenvalue weighted by atomic mass is 10.0. The number of anilines is 1. The first-order valence-corrected chi connectivity index (χ1v) is 13.6. The van der Waals surface area contributed by atoms with Crippen molar-refractivity contribution >= 4 is 28.3 Å². The van der Waals surface area contributed by atoms with Crippen LogP contribution in [0.5, 0.6) is 11.5 Å². The number of aromatic nitrogens is 2. The van der Waals surface area contributed by atoms with Gasteiger partial charge >= 0.3 is 0 Å². The van der Waals surface area contributed by atoms with Crippen LogP contribution in [-0.4, -0.2) is 53.6 Å². The van der Waals surface area contributed by atoms with Crippen molar-refractivity contribution in [1.29, 1.82) is 0 Å². The minimum absolute atomic E-state index is 0.105. The quantitative estimate of drug-likeness (QED) is 0.379. The number of hydrogen-bond acceptors (Lipinski definition) is 8. The summed E-state index contributed by atoms with van der Waals surface area (Å²) in [6.07, 6.45) is 5.54. The Morgan fingerprint density at radius 2 is 1.85 bits per heavy atom. The molecule has 2 aromatic carbocycles. The summed E-state index contributed by atoms with van der Waals surface area (Å²) in [5, 5.41) is 8.97. The highest BCUT2D eigenvalue weighted by Gasteiger charge is 2.33. The van der Waals surface area contributed by atoms with E-state index in [-0.39, 0.29) is 30.6 Å². The predicted octanol–water partition coefficient (Wildman–Crippen LogP) is 3.67. The SMILES string of the molecule is O=C1COc2cccc(c2)-c2cncc(c2)C(=O)N[C@@H]2CN(c3nccs3)CC[C@@H]2Oc2ccc(cc2)CN1. The van der Waals surface area contributed by atoms with Crippen molar-refractivity contribution in [3.63, 3.8) is 0 Å². The van der Waals surface area contributed by atoms with Crippen LogP contribution >= 0.6 is 11.3 Å². The first-order valence-electron chi connectivity index (χ1n) is 12.8. The maximum absolute atomic E-state index is 13.5. The van der Waals surface area contributed by atoms with E-state index in [4.69, 9.17) is 9.47 Å². The monoisotopic (exact) mass is 541 g/mol. The third-order valence-corrected chi connectivity index (χ3v) is 7.63. The molecule has 0 unspecified atom stereocenters. The van der Waals surface area contributed by atoms with Gasteiger partial charge in [0.05, 0.1) is 11.6 Å². The molecule has 39 heavy (non-hydrogen) atoms. The van der Waals surface area contributed by atoms with Crippen LogP contribution in [0.2, 0.25) is 0 Å². The first kappa shape index (κ1) is 24.9. The highest BCUT2D eigenvalue weighted by atomic mass is 32.1. The van der Waals surface area contributed by atoms with Crippen LogP contribution in [0, 0.1) is 0 Å². The Hall–Kier alpha value is -4.44. The third-order valence-electron chi connectivity index (χ3n) is 6.79. The van der Waals surface area contributed by atoms with Crippen LogP contribution in [0.3, 0.4) is 0 Å². The predicted molar refractivity (Wildman–Crippen MR) is 148 cm³/mol. The van der Waals surface area contributed by atoms with Crippen LogP contribution < -0.4 is 25.0 Å². The molecule has 0 aliphatic carbocycles. The molecule has 3 aliphatic rings. The van der Waals surface area contributed by atoms with Gasteiger partial charge in [-0.15, -0.1) is 11.3 Å². The summed E-state index contributed by atoms with van der Waals surface area (Å²) in [4.78, 5) is 36.8. The Kier molecular flexibility index (Phi) is 7.09. The molecule has 2 aromatic heterocycles. The topological polar surface area (TPSA) is 106 Å². The van der Waals surface area contributed by atoms with Crippen molar-refractivity contribution in [3.8, 4) is 22.6 Å². The molecule has 2 amide bonds. The zero-order valence-electron chi connectivity index (χ0n) is 21.1. The summed E-state index contributed by atoms with van der Waals surface area (Å²) < 4.78 is 12.1. The van der Waals surface area contributed by atoms with E-state index in [9.17, 15) is 9.59 Å². The normalized spacial score (nSPS) is 19.6. The van der Waals surface area contributed by atoms with E-state index in [1.165, 1.54) is 0 Å².